The molecule has 0 unspecified atom stereocenters. The van der Waals surface area contributed by atoms with E-state index in [1.165, 1.54) is 11.3 Å². The minimum Gasteiger partial charge on any atom is -0.352 e. The summed E-state index contributed by atoms with van der Waals surface area (Å²) in [6.45, 7) is 4.44. The standard InChI is InChI=1S/C19H18Cl2N6OS/c1-12-3-2-4-15(22-12)23-16-5-6-17(25-24-16)26-7-9-27(10-8-26)19(28)13-11-14(20)29-18(13)21/h2-6,11H,7-10H2,1H3,(H,22,23,24). The van der Waals surface area contributed by atoms with E-state index >= 15 is 0 Å². The molecule has 1 saturated heterocycles. The topological polar surface area (TPSA) is 74.2 Å². The second-order valence-corrected chi connectivity index (χ2v) is 8.87. The maximum absolute atomic E-state index is 12.6. The number of piperazine rings is 1. The average Bonchev–Trinajstić information content (AvgIpc) is 3.06. The van der Waals surface area contributed by atoms with Crippen molar-refractivity contribution in [2.45, 2.75) is 6.92 Å². The molecule has 4 heterocycles. The number of carbonyl (C=O) groups is 1. The minimum absolute atomic E-state index is 0.0888. The third-order valence-corrected chi connectivity index (χ3v) is 6.06. The van der Waals surface area contributed by atoms with E-state index < -0.39 is 0 Å². The molecule has 0 aliphatic carbocycles. The van der Waals surface area contributed by atoms with Crippen LogP contribution in [-0.4, -0.2) is 52.2 Å². The van der Waals surface area contributed by atoms with Crippen molar-refractivity contribution in [3.63, 3.8) is 0 Å². The van der Waals surface area contributed by atoms with E-state index in [-0.39, 0.29) is 5.91 Å². The third kappa shape index (κ3) is 4.60. The molecule has 3 aromatic rings. The summed E-state index contributed by atoms with van der Waals surface area (Å²) in [5.41, 5.74) is 1.40. The lowest BCUT2D eigenvalue weighted by atomic mass is 10.2. The zero-order valence-electron chi connectivity index (χ0n) is 15.6. The Morgan fingerprint density at radius 3 is 2.48 bits per heavy atom. The second kappa shape index (κ2) is 8.52. The average molecular weight is 449 g/mol. The maximum atomic E-state index is 12.6. The van der Waals surface area contributed by atoms with Crippen molar-refractivity contribution < 1.29 is 4.79 Å². The van der Waals surface area contributed by atoms with Crippen molar-refractivity contribution >= 4 is 57.9 Å². The number of nitrogens with one attached hydrogen (secondary N) is 1. The first-order valence-electron chi connectivity index (χ1n) is 9.03. The number of thiophene rings is 1. The van der Waals surface area contributed by atoms with Gasteiger partial charge in [0.1, 0.15) is 10.2 Å². The molecule has 4 rings (SSSR count). The summed E-state index contributed by atoms with van der Waals surface area (Å²) >= 11 is 13.3. The van der Waals surface area contributed by atoms with Crippen LogP contribution in [0.3, 0.4) is 0 Å². The molecule has 3 aromatic heterocycles. The summed E-state index contributed by atoms with van der Waals surface area (Å²) in [6, 6.07) is 11.2. The number of halogens is 2. The van der Waals surface area contributed by atoms with Crippen LogP contribution in [0.2, 0.25) is 8.67 Å². The maximum Gasteiger partial charge on any atom is 0.256 e. The van der Waals surface area contributed by atoms with Crippen molar-refractivity contribution in [3.05, 3.63) is 56.3 Å². The van der Waals surface area contributed by atoms with Crippen LogP contribution in [0.5, 0.6) is 0 Å². The molecule has 0 radical (unpaired) electrons. The molecule has 7 nitrogen and oxygen atoms in total. The second-order valence-electron chi connectivity index (χ2n) is 6.58. The summed E-state index contributed by atoms with van der Waals surface area (Å²) in [6.07, 6.45) is 0. The van der Waals surface area contributed by atoms with Gasteiger partial charge >= 0.3 is 0 Å². The normalized spacial score (nSPS) is 14.2. The molecule has 1 amide bonds. The Labute approximate surface area is 182 Å². The first kappa shape index (κ1) is 19.9. The van der Waals surface area contributed by atoms with Gasteiger partial charge in [0.15, 0.2) is 11.6 Å². The van der Waals surface area contributed by atoms with E-state index in [1.807, 2.05) is 37.3 Å². The molecule has 1 aliphatic heterocycles. The van der Waals surface area contributed by atoms with Crippen LogP contribution in [0.15, 0.2) is 36.4 Å². The Bertz CT molecular complexity index is 1020. The number of rotatable bonds is 4. The Morgan fingerprint density at radius 1 is 1.07 bits per heavy atom. The molecule has 0 aromatic carbocycles. The van der Waals surface area contributed by atoms with Gasteiger partial charge in [-0.05, 0) is 37.3 Å². The van der Waals surface area contributed by atoms with Crippen LogP contribution in [0.25, 0.3) is 0 Å². The van der Waals surface area contributed by atoms with E-state index in [0.29, 0.717) is 46.2 Å². The Morgan fingerprint density at radius 2 is 1.86 bits per heavy atom. The van der Waals surface area contributed by atoms with Crippen LogP contribution in [0.4, 0.5) is 17.5 Å². The predicted octanol–water partition coefficient (Wildman–Crippen LogP) is 4.25. The summed E-state index contributed by atoms with van der Waals surface area (Å²) in [7, 11) is 0. The molecule has 1 aliphatic rings. The quantitative estimate of drug-likeness (QED) is 0.642. The molecular formula is C19H18Cl2N6OS. The van der Waals surface area contributed by atoms with E-state index in [9.17, 15) is 4.79 Å². The highest BCUT2D eigenvalue weighted by Gasteiger charge is 2.25. The number of aryl methyl sites for hydroxylation is 1. The summed E-state index contributed by atoms with van der Waals surface area (Å²) in [4.78, 5) is 20.9. The van der Waals surface area contributed by atoms with Crippen LogP contribution in [0.1, 0.15) is 16.1 Å². The number of hydrogen-bond donors (Lipinski definition) is 1. The molecule has 10 heteroatoms. The van der Waals surface area contributed by atoms with Crippen LogP contribution in [-0.2, 0) is 0 Å². The number of amides is 1. The van der Waals surface area contributed by atoms with E-state index in [0.717, 1.165) is 17.3 Å². The van der Waals surface area contributed by atoms with Gasteiger partial charge in [-0.2, -0.15) is 0 Å². The van der Waals surface area contributed by atoms with Crippen molar-refractivity contribution in [3.8, 4) is 0 Å². The number of nitrogens with zero attached hydrogens (tertiary/aromatic N) is 5. The number of carbonyl (C=O) groups excluding carboxylic acids is 1. The summed E-state index contributed by atoms with van der Waals surface area (Å²) in [5.74, 6) is 2.04. The SMILES string of the molecule is Cc1cccc(Nc2ccc(N3CCN(C(=O)c4cc(Cl)sc4Cl)CC3)nn2)n1. The molecule has 1 fully saturated rings. The van der Waals surface area contributed by atoms with Gasteiger partial charge in [-0.1, -0.05) is 29.3 Å². The number of hydrogen-bond acceptors (Lipinski definition) is 7. The largest absolute Gasteiger partial charge is 0.352 e. The first-order chi connectivity index (χ1) is 14.0. The highest BCUT2D eigenvalue weighted by atomic mass is 35.5. The number of pyridine rings is 1. The molecule has 0 bridgehead atoms. The van der Waals surface area contributed by atoms with Crippen LogP contribution < -0.4 is 10.2 Å². The van der Waals surface area contributed by atoms with Gasteiger partial charge in [-0.15, -0.1) is 21.5 Å². The van der Waals surface area contributed by atoms with Crippen molar-refractivity contribution in [1.82, 2.24) is 20.1 Å². The fourth-order valence-electron chi connectivity index (χ4n) is 3.10. The van der Waals surface area contributed by atoms with Gasteiger partial charge in [-0.3, -0.25) is 4.79 Å². The molecule has 0 spiro atoms. The van der Waals surface area contributed by atoms with E-state index in [2.05, 4.69) is 25.4 Å². The molecule has 150 valence electrons. The van der Waals surface area contributed by atoms with Crippen molar-refractivity contribution in [2.24, 2.45) is 0 Å². The van der Waals surface area contributed by atoms with Crippen LogP contribution >= 0.6 is 34.5 Å². The lowest BCUT2D eigenvalue weighted by Crippen LogP contribution is -2.49. The zero-order valence-corrected chi connectivity index (χ0v) is 17.9. The molecule has 29 heavy (non-hydrogen) atoms. The van der Waals surface area contributed by atoms with Crippen molar-refractivity contribution in [1.29, 1.82) is 0 Å². The Hall–Kier alpha value is -2.42. The fourth-order valence-corrected chi connectivity index (χ4v) is 4.55. The molecular weight excluding hydrogens is 431 g/mol. The summed E-state index contributed by atoms with van der Waals surface area (Å²) < 4.78 is 0.946. The van der Waals surface area contributed by atoms with Gasteiger partial charge in [0.2, 0.25) is 0 Å². The number of aromatic nitrogens is 3. The lowest BCUT2D eigenvalue weighted by molar-refractivity contribution is 0.0747. The fraction of sp³-hybridized carbons (Fsp3) is 0.263. The van der Waals surface area contributed by atoms with Gasteiger partial charge in [-0.25, -0.2) is 4.98 Å². The molecule has 0 atom stereocenters. The van der Waals surface area contributed by atoms with Gasteiger partial charge < -0.3 is 15.1 Å². The molecule has 0 saturated carbocycles. The van der Waals surface area contributed by atoms with Crippen LogP contribution in [0, 0.1) is 6.92 Å². The highest BCUT2D eigenvalue weighted by Crippen LogP contribution is 2.32. The Balaban J connectivity index is 1.36. The van der Waals surface area contributed by atoms with E-state index in [4.69, 9.17) is 23.2 Å². The zero-order chi connectivity index (χ0) is 20.4. The monoisotopic (exact) mass is 448 g/mol. The smallest absolute Gasteiger partial charge is 0.256 e. The molecule has 1 N–H and O–H groups in total. The van der Waals surface area contributed by atoms with Gasteiger partial charge in [0.05, 0.1) is 9.90 Å². The lowest BCUT2D eigenvalue weighted by Gasteiger charge is -2.35. The van der Waals surface area contributed by atoms with E-state index in [1.54, 1.807) is 11.0 Å². The van der Waals surface area contributed by atoms with Gasteiger partial charge in [0.25, 0.3) is 5.91 Å². The minimum atomic E-state index is -0.0888. The van der Waals surface area contributed by atoms with Gasteiger partial charge in [0, 0.05) is 31.9 Å². The summed E-state index contributed by atoms with van der Waals surface area (Å²) in [5, 5.41) is 11.7. The Kier molecular flexibility index (Phi) is 5.84. The predicted molar refractivity (Wildman–Crippen MR) is 117 cm³/mol. The highest BCUT2D eigenvalue weighted by molar-refractivity contribution is 7.20. The number of anilines is 3. The first-order valence-corrected chi connectivity index (χ1v) is 10.6. The van der Waals surface area contributed by atoms with Crippen molar-refractivity contribution in [2.75, 3.05) is 36.4 Å². The third-order valence-electron chi connectivity index (χ3n) is 4.57.